The van der Waals surface area contributed by atoms with E-state index in [0.717, 1.165) is 56.0 Å². The number of nitrogens with zero attached hydrogens (tertiary/aromatic N) is 4. The number of rotatable bonds is 5. The first-order chi connectivity index (χ1) is 13.1. The Balaban J connectivity index is 1.65. The standard InChI is InChI=1S/C21H27N5O/c1-16-17(2)26(9-8-24-10-12-27-13-11-24)21-19(16)20(22)25(15-23-21)14-18-6-4-3-5-7-18/h3-7,15,22H,8-14H2,1-2H3. The Hall–Kier alpha value is -2.44. The van der Waals surface area contributed by atoms with Crippen molar-refractivity contribution in [2.24, 2.45) is 0 Å². The summed E-state index contributed by atoms with van der Waals surface area (Å²) in [6, 6.07) is 10.2. The molecule has 0 radical (unpaired) electrons. The van der Waals surface area contributed by atoms with Crippen LogP contribution in [0.5, 0.6) is 0 Å². The summed E-state index contributed by atoms with van der Waals surface area (Å²) >= 11 is 0. The molecule has 0 bridgehead atoms. The molecular formula is C21H27N5O. The van der Waals surface area contributed by atoms with Gasteiger partial charge in [0.2, 0.25) is 0 Å². The molecule has 4 rings (SSSR count). The first-order valence-corrected chi connectivity index (χ1v) is 9.58. The molecule has 1 aliphatic rings. The fraction of sp³-hybridized carbons (Fsp3) is 0.429. The van der Waals surface area contributed by atoms with Crippen molar-refractivity contribution in [3.05, 3.63) is 59.0 Å². The van der Waals surface area contributed by atoms with E-state index in [1.54, 1.807) is 0 Å². The molecule has 0 aliphatic carbocycles. The van der Waals surface area contributed by atoms with Crippen LogP contribution in [0.3, 0.4) is 0 Å². The van der Waals surface area contributed by atoms with E-state index in [9.17, 15) is 0 Å². The Bertz CT molecular complexity index is 983. The maximum Gasteiger partial charge on any atom is 0.145 e. The van der Waals surface area contributed by atoms with Gasteiger partial charge in [-0.15, -0.1) is 0 Å². The number of ether oxygens (including phenoxy) is 1. The van der Waals surface area contributed by atoms with E-state index in [0.29, 0.717) is 12.0 Å². The fourth-order valence-electron chi connectivity index (χ4n) is 3.83. The van der Waals surface area contributed by atoms with Crippen molar-refractivity contribution in [1.29, 1.82) is 5.41 Å². The lowest BCUT2D eigenvalue weighted by atomic mass is 10.2. The zero-order valence-electron chi connectivity index (χ0n) is 16.1. The molecule has 27 heavy (non-hydrogen) atoms. The van der Waals surface area contributed by atoms with E-state index in [4.69, 9.17) is 15.1 Å². The predicted molar refractivity (Wildman–Crippen MR) is 106 cm³/mol. The monoisotopic (exact) mass is 365 g/mol. The number of hydrogen-bond donors (Lipinski definition) is 1. The van der Waals surface area contributed by atoms with E-state index >= 15 is 0 Å². The summed E-state index contributed by atoms with van der Waals surface area (Å²) < 4.78 is 9.64. The van der Waals surface area contributed by atoms with Crippen LogP contribution in [0.4, 0.5) is 0 Å². The van der Waals surface area contributed by atoms with Gasteiger partial charge in [0.05, 0.1) is 31.5 Å². The van der Waals surface area contributed by atoms with Crippen molar-refractivity contribution in [2.45, 2.75) is 26.9 Å². The SMILES string of the molecule is Cc1c(C)n(CCN2CCOCC2)c2ncn(Cc3ccccc3)c(=N)c12. The minimum absolute atomic E-state index is 0.537. The largest absolute Gasteiger partial charge is 0.379 e. The summed E-state index contributed by atoms with van der Waals surface area (Å²) in [5.41, 5.74) is 5.00. The maximum atomic E-state index is 8.75. The number of aromatic nitrogens is 3. The summed E-state index contributed by atoms with van der Waals surface area (Å²) in [4.78, 5) is 7.18. The van der Waals surface area contributed by atoms with Crippen LogP contribution in [0.15, 0.2) is 36.7 Å². The van der Waals surface area contributed by atoms with E-state index in [1.807, 2.05) is 29.1 Å². The van der Waals surface area contributed by atoms with E-state index in [-0.39, 0.29) is 0 Å². The predicted octanol–water partition coefficient (Wildman–Crippen LogP) is 2.31. The molecule has 0 amide bonds. The highest BCUT2D eigenvalue weighted by atomic mass is 16.5. The Morgan fingerprint density at radius 1 is 1.07 bits per heavy atom. The molecule has 0 saturated carbocycles. The molecule has 2 aromatic heterocycles. The number of benzene rings is 1. The molecule has 0 atom stereocenters. The maximum absolute atomic E-state index is 8.75. The van der Waals surface area contributed by atoms with Gasteiger partial charge in [-0.05, 0) is 25.0 Å². The molecule has 142 valence electrons. The smallest absolute Gasteiger partial charge is 0.145 e. The minimum atomic E-state index is 0.537. The van der Waals surface area contributed by atoms with Crippen molar-refractivity contribution in [2.75, 3.05) is 32.8 Å². The van der Waals surface area contributed by atoms with Crippen molar-refractivity contribution in [3.63, 3.8) is 0 Å². The van der Waals surface area contributed by atoms with Gasteiger partial charge in [-0.1, -0.05) is 30.3 Å². The molecule has 1 aromatic carbocycles. The van der Waals surface area contributed by atoms with Gasteiger partial charge in [0.1, 0.15) is 11.1 Å². The molecule has 6 heteroatoms. The fourth-order valence-corrected chi connectivity index (χ4v) is 3.83. The van der Waals surface area contributed by atoms with Gasteiger partial charge in [0.25, 0.3) is 0 Å². The van der Waals surface area contributed by atoms with Gasteiger partial charge in [0.15, 0.2) is 0 Å². The van der Waals surface area contributed by atoms with Crippen LogP contribution in [0.25, 0.3) is 11.0 Å². The number of fused-ring (bicyclic) bond motifs is 1. The molecule has 6 nitrogen and oxygen atoms in total. The molecule has 1 saturated heterocycles. The Kier molecular flexibility index (Phi) is 5.09. The average molecular weight is 365 g/mol. The second-order valence-corrected chi connectivity index (χ2v) is 7.22. The van der Waals surface area contributed by atoms with Gasteiger partial charge in [-0.3, -0.25) is 10.3 Å². The second kappa shape index (κ2) is 7.66. The van der Waals surface area contributed by atoms with Gasteiger partial charge in [-0.25, -0.2) is 4.98 Å². The number of nitrogens with one attached hydrogen (secondary N) is 1. The van der Waals surface area contributed by atoms with Gasteiger partial charge < -0.3 is 13.9 Å². The van der Waals surface area contributed by atoms with Crippen LogP contribution < -0.4 is 5.49 Å². The lowest BCUT2D eigenvalue weighted by Gasteiger charge is -2.26. The van der Waals surface area contributed by atoms with Crippen molar-refractivity contribution in [1.82, 2.24) is 19.0 Å². The van der Waals surface area contributed by atoms with Crippen molar-refractivity contribution >= 4 is 11.0 Å². The van der Waals surface area contributed by atoms with Crippen LogP contribution in [-0.2, 0) is 17.8 Å². The van der Waals surface area contributed by atoms with Crippen molar-refractivity contribution < 1.29 is 4.74 Å². The van der Waals surface area contributed by atoms with Crippen LogP contribution in [0.2, 0.25) is 0 Å². The van der Waals surface area contributed by atoms with Crippen LogP contribution in [-0.4, -0.2) is 51.9 Å². The highest BCUT2D eigenvalue weighted by Gasteiger charge is 2.17. The summed E-state index contributed by atoms with van der Waals surface area (Å²) in [6.45, 7) is 10.4. The molecule has 1 aliphatic heterocycles. The molecule has 0 spiro atoms. The molecule has 3 heterocycles. The Morgan fingerprint density at radius 3 is 2.56 bits per heavy atom. The molecule has 0 unspecified atom stereocenters. The van der Waals surface area contributed by atoms with Crippen LogP contribution >= 0.6 is 0 Å². The number of hydrogen-bond acceptors (Lipinski definition) is 4. The van der Waals surface area contributed by atoms with Crippen LogP contribution in [0, 0.1) is 19.3 Å². The zero-order chi connectivity index (χ0) is 18.8. The lowest BCUT2D eigenvalue weighted by Crippen LogP contribution is -2.38. The summed E-state index contributed by atoms with van der Waals surface area (Å²) in [7, 11) is 0. The molecule has 1 fully saturated rings. The first-order valence-electron chi connectivity index (χ1n) is 9.58. The molecule has 1 N–H and O–H groups in total. The average Bonchev–Trinajstić information content (AvgIpc) is 2.95. The highest BCUT2D eigenvalue weighted by molar-refractivity contribution is 5.80. The normalized spacial score (nSPS) is 15.5. The second-order valence-electron chi connectivity index (χ2n) is 7.22. The van der Waals surface area contributed by atoms with Gasteiger partial charge in [-0.2, -0.15) is 0 Å². The minimum Gasteiger partial charge on any atom is -0.379 e. The van der Waals surface area contributed by atoms with Crippen molar-refractivity contribution in [3.8, 4) is 0 Å². The third-order valence-electron chi connectivity index (χ3n) is 5.58. The van der Waals surface area contributed by atoms with Crippen LogP contribution in [0.1, 0.15) is 16.8 Å². The third-order valence-corrected chi connectivity index (χ3v) is 5.58. The summed E-state index contributed by atoms with van der Waals surface area (Å²) in [6.07, 6.45) is 1.81. The summed E-state index contributed by atoms with van der Waals surface area (Å²) in [5, 5.41) is 9.72. The Morgan fingerprint density at radius 2 is 1.81 bits per heavy atom. The number of morpholine rings is 1. The van der Waals surface area contributed by atoms with E-state index in [2.05, 4.69) is 35.4 Å². The van der Waals surface area contributed by atoms with Gasteiger partial charge in [0, 0.05) is 31.9 Å². The quantitative estimate of drug-likeness (QED) is 0.755. The third kappa shape index (κ3) is 3.55. The first kappa shape index (κ1) is 17.9. The summed E-state index contributed by atoms with van der Waals surface area (Å²) in [5.74, 6) is 0. The topological polar surface area (TPSA) is 59.1 Å². The Labute approximate surface area is 159 Å². The number of aryl methyl sites for hydroxylation is 1. The zero-order valence-corrected chi connectivity index (χ0v) is 16.1. The van der Waals surface area contributed by atoms with E-state index < -0.39 is 0 Å². The molecule has 3 aromatic rings. The van der Waals surface area contributed by atoms with Gasteiger partial charge >= 0.3 is 0 Å². The van der Waals surface area contributed by atoms with E-state index in [1.165, 1.54) is 11.3 Å². The molecular weight excluding hydrogens is 338 g/mol. The highest BCUT2D eigenvalue weighted by Crippen LogP contribution is 2.20. The lowest BCUT2D eigenvalue weighted by molar-refractivity contribution is 0.0364.